The summed E-state index contributed by atoms with van der Waals surface area (Å²) in [7, 11) is 0. The van der Waals surface area contributed by atoms with Crippen LogP contribution in [0.4, 0.5) is 0 Å². The maximum atomic E-state index is 12.1. The first-order valence-corrected chi connectivity index (χ1v) is 9.12. The fraction of sp³-hybridized carbons (Fsp3) is 0.333. The molecule has 134 valence electrons. The van der Waals surface area contributed by atoms with Crippen LogP contribution in [0.15, 0.2) is 52.8 Å². The summed E-state index contributed by atoms with van der Waals surface area (Å²) in [5.74, 6) is 0.418. The summed E-state index contributed by atoms with van der Waals surface area (Å²) in [6, 6.07) is 14.0. The van der Waals surface area contributed by atoms with Gasteiger partial charge in [-0.3, -0.25) is 14.8 Å². The van der Waals surface area contributed by atoms with Crippen molar-refractivity contribution in [3.63, 3.8) is 0 Å². The van der Waals surface area contributed by atoms with Crippen LogP contribution in [0.3, 0.4) is 0 Å². The highest BCUT2D eigenvalue weighted by atomic mass is 16.1. The lowest BCUT2D eigenvalue weighted by Gasteiger charge is -2.16. The molecule has 5 heteroatoms. The van der Waals surface area contributed by atoms with E-state index in [0.717, 1.165) is 37.4 Å². The normalized spacial score (nSPS) is 18.7. The molecule has 2 aromatic heterocycles. The Hall–Kier alpha value is -2.66. The van der Waals surface area contributed by atoms with Gasteiger partial charge in [0.05, 0.1) is 0 Å². The van der Waals surface area contributed by atoms with Gasteiger partial charge in [-0.15, -0.1) is 0 Å². The molecule has 0 radical (unpaired) electrons. The van der Waals surface area contributed by atoms with Crippen LogP contribution in [0.2, 0.25) is 0 Å². The van der Waals surface area contributed by atoms with Crippen molar-refractivity contribution in [2.45, 2.75) is 26.2 Å². The zero-order valence-electron chi connectivity index (χ0n) is 15.3. The third-order valence-corrected chi connectivity index (χ3v) is 5.00. The largest absolute Gasteiger partial charge is 0.299 e. The monoisotopic (exact) mass is 348 g/mol. The first-order valence-electron chi connectivity index (χ1n) is 9.12. The first kappa shape index (κ1) is 16.8. The molecule has 1 aromatic carbocycles. The summed E-state index contributed by atoms with van der Waals surface area (Å²) in [4.78, 5) is 19.0. The summed E-state index contributed by atoms with van der Waals surface area (Å²) in [6.45, 7) is 7.09. The molecule has 1 fully saturated rings. The molecule has 1 aliphatic heterocycles. The Labute approximate surface area is 153 Å². The zero-order valence-corrected chi connectivity index (χ0v) is 15.3. The molecule has 1 saturated heterocycles. The first-order chi connectivity index (χ1) is 12.6. The molecule has 1 unspecified atom stereocenters. The van der Waals surface area contributed by atoms with E-state index in [1.807, 2.05) is 19.1 Å². The van der Waals surface area contributed by atoms with Gasteiger partial charge in [-0.1, -0.05) is 42.0 Å². The highest BCUT2D eigenvalue weighted by molar-refractivity contribution is 5.52. The Morgan fingerprint density at radius 1 is 1.31 bits per heavy atom. The second kappa shape index (κ2) is 6.92. The van der Waals surface area contributed by atoms with Gasteiger partial charge >= 0.3 is 0 Å². The SMILES string of the molecule is CC(=Cc1ccccc1)CN1CCC(c2cc3nc(C)cc(=O)n3[nH]2)C1. The smallest absolute Gasteiger partial charge is 0.272 e. The molecule has 4 rings (SSSR count). The number of fused-ring (bicyclic) bond motifs is 1. The van der Waals surface area contributed by atoms with Crippen LogP contribution in [-0.2, 0) is 0 Å². The lowest BCUT2D eigenvalue weighted by atomic mass is 10.1. The van der Waals surface area contributed by atoms with Crippen LogP contribution in [0.1, 0.15) is 36.2 Å². The van der Waals surface area contributed by atoms with Crippen molar-refractivity contribution in [1.82, 2.24) is 19.5 Å². The van der Waals surface area contributed by atoms with E-state index in [1.54, 1.807) is 10.6 Å². The van der Waals surface area contributed by atoms with Crippen LogP contribution < -0.4 is 5.56 Å². The van der Waals surface area contributed by atoms with Crippen molar-refractivity contribution in [1.29, 1.82) is 0 Å². The fourth-order valence-electron chi connectivity index (χ4n) is 3.80. The lowest BCUT2D eigenvalue weighted by molar-refractivity contribution is 0.363. The highest BCUT2D eigenvalue weighted by Gasteiger charge is 2.25. The number of hydrogen-bond donors (Lipinski definition) is 1. The van der Waals surface area contributed by atoms with Crippen molar-refractivity contribution in [2.24, 2.45) is 0 Å². The minimum atomic E-state index is -0.0461. The maximum absolute atomic E-state index is 12.1. The van der Waals surface area contributed by atoms with E-state index in [9.17, 15) is 4.79 Å². The number of nitrogens with one attached hydrogen (secondary N) is 1. The average Bonchev–Trinajstić information content (AvgIpc) is 3.22. The molecule has 5 nitrogen and oxygen atoms in total. The molecule has 0 aliphatic carbocycles. The van der Waals surface area contributed by atoms with Crippen molar-refractivity contribution >= 4 is 11.7 Å². The Morgan fingerprint density at radius 3 is 2.92 bits per heavy atom. The van der Waals surface area contributed by atoms with Crippen molar-refractivity contribution in [3.05, 3.63) is 75.3 Å². The van der Waals surface area contributed by atoms with Crippen molar-refractivity contribution in [2.75, 3.05) is 19.6 Å². The van der Waals surface area contributed by atoms with Crippen LogP contribution >= 0.6 is 0 Å². The molecule has 1 aliphatic rings. The molecular weight excluding hydrogens is 324 g/mol. The molecule has 0 bridgehead atoms. The molecule has 3 aromatic rings. The van der Waals surface area contributed by atoms with Gasteiger partial charge in [0.2, 0.25) is 0 Å². The van der Waals surface area contributed by atoms with Crippen LogP contribution in [-0.4, -0.2) is 39.1 Å². The van der Waals surface area contributed by atoms with Crippen molar-refractivity contribution in [3.8, 4) is 0 Å². The number of hydrogen-bond acceptors (Lipinski definition) is 3. The summed E-state index contributed by atoms with van der Waals surface area (Å²) in [5.41, 5.74) is 5.14. The Morgan fingerprint density at radius 2 is 2.12 bits per heavy atom. The molecule has 0 saturated carbocycles. The number of aromatic nitrogens is 3. The van der Waals surface area contributed by atoms with Gasteiger partial charge < -0.3 is 0 Å². The quantitative estimate of drug-likeness (QED) is 0.788. The van der Waals surface area contributed by atoms with Gasteiger partial charge in [0, 0.05) is 42.5 Å². The number of nitrogens with zero attached hydrogens (tertiary/aromatic N) is 3. The predicted molar refractivity (Wildman–Crippen MR) is 104 cm³/mol. The second-order valence-electron chi connectivity index (χ2n) is 7.26. The van der Waals surface area contributed by atoms with E-state index in [1.165, 1.54) is 11.1 Å². The Bertz CT molecular complexity index is 1000. The summed E-state index contributed by atoms with van der Waals surface area (Å²) in [5, 5.41) is 3.25. The van der Waals surface area contributed by atoms with Crippen LogP contribution in [0.25, 0.3) is 11.7 Å². The standard InChI is InChI=1S/C21H24N4O/c1-15(10-17-6-4-3-5-7-17)13-24-9-8-18(14-24)19-12-20-22-16(2)11-21(26)25(20)23-19/h3-7,10-12,18,23H,8-9,13-14H2,1-2H3. The minimum absolute atomic E-state index is 0.0461. The topological polar surface area (TPSA) is 53.4 Å². The van der Waals surface area contributed by atoms with E-state index in [0.29, 0.717) is 11.6 Å². The van der Waals surface area contributed by atoms with E-state index in [-0.39, 0.29) is 5.56 Å². The van der Waals surface area contributed by atoms with Crippen molar-refractivity contribution < 1.29 is 0 Å². The van der Waals surface area contributed by atoms with E-state index in [4.69, 9.17) is 0 Å². The molecule has 1 N–H and O–H groups in total. The van der Waals surface area contributed by atoms with Gasteiger partial charge in [-0.05, 0) is 32.4 Å². The summed E-state index contributed by atoms with van der Waals surface area (Å²) in [6.07, 6.45) is 3.35. The Balaban J connectivity index is 1.46. The van der Waals surface area contributed by atoms with E-state index in [2.05, 4.69) is 52.2 Å². The molecule has 1 atom stereocenters. The number of likely N-dealkylation sites (tertiary alicyclic amines) is 1. The van der Waals surface area contributed by atoms with Gasteiger partial charge in [-0.25, -0.2) is 9.50 Å². The number of rotatable bonds is 4. The zero-order chi connectivity index (χ0) is 18.1. The fourth-order valence-corrected chi connectivity index (χ4v) is 3.80. The molecular formula is C21H24N4O. The highest BCUT2D eigenvalue weighted by Crippen LogP contribution is 2.27. The molecule has 0 spiro atoms. The number of H-pyrrole nitrogens is 1. The van der Waals surface area contributed by atoms with E-state index < -0.39 is 0 Å². The second-order valence-corrected chi connectivity index (χ2v) is 7.26. The minimum Gasteiger partial charge on any atom is -0.299 e. The van der Waals surface area contributed by atoms with E-state index >= 15 is 0 Å². The van der Waals surface area contributed by atoms with Gasteiger partial charge in [0.25, 0.3) is 5.56 Å². The lowest BCUT2D eigenvalue weighted by Crippen LogP contribution is -2.22. The number of benzene rings is 1. The van der Waals surface area contributed by atoms with Gasteiger partial charge in [0.15, 0.2) is 5.65 Å². The summed E-state index contributed by atoms with van der Waals surface area (Å²) >= 11 is 0. The number of aromatic amines is 1. The number of aryl methyl sites for hydroxylation is 1. The molecule has 0 amide bonds. The van der Waals surface area contributed by atoms with Gasteiger partial charge in [-0.2, -0.15) is 0 Å². The average molecular weight is 348 g/mol. The summed E-state index contributed by atoms with van der Waals surface area (Å²) < 4.78 is 1.55. The van der Waals surface area contributed by atoms with Crippen LogP contribution in [0.5, 0.6) is 0 Å². The third-order valence-electron chi connectivity index (χ3n) is 5.00. The predicted octanol–water partition coefficient (Wildman–Crippen LogP) is 3.22. The van der Waals surface area contributed by atoms with Gasteiger partial charge in [0.1, 0.15) is 0 Å². The third kappa shape index (κ3) is 3.48. The molecule has 3 heterocycles. The maximum Gasteiger partial charge on any atom is 0.272 e. The Kier molecular flexibility index (Phi) is 4.47. The van der Waals surface area contributed by atoms with Crippen LogP contribution in [0, 0.1) is 6.92 Å². The molecule has 26 heavy (non-hydrogen) atoms.